The third-order valence-electron chi connectivity index (χ3n) is 6.16. The third kappa shape index (κ3) is 4.50. The van der Waals surface area contributed by atoms with Gasteiger partial charge in [-0.2, -0.15) is 10.2 Å². The van der Waals surface area contributed by atoms with Gasteiger partial charge in [-0.15, -0.1) is 0 Å². The van der Waals surface area contributed by atoms with E-state index in [-0.39, 0.29) is 30.7 Å². The second kappa shape index (κ2) is 9.96. The Hall–Kier alpha value is -3.96. The lowest BCUT2D eigenvalue weighted by molar-refractivity contribution is -0.133. The summed E-state index contributed by atoms with van der Waals surface area (Å²) >= 11 is 6.26. The second-order valence-corrected chi connectivity index (χ2v) is 8.84. The van der Waals surface area contributed by atoms with Gasteiger partial charge in [-0.05, 0) is 37.1 Å². The fourth-order valence-corrected chi connectivity index (χ4v) is 4.59. The molecular formula is C24H24ClN7O4. The van der Waals surface area contributed by atoms with Gasteiger partial charge in [0.1, 0.15) is 23.6 Å². The molecule has 0 bridgehead atoms. The van der Waals surface area contributed by atoms with Crippen molar-refractivity contribution in [2.24, 2.45) is 0 Å². The van der Waals surface area contributed by atoms with E-state index in [0.717, 1.165) is 12.8 Å². The van der Waals surface area contributed by atoms with Crippen LogP contribution in [0, 0.1) is 0 Å². The Morgan fingerprint density at radius 3 is 3.00 bits per heavy atom. The number of aromatic nitrogens is 5. The lowest BCUT2D eigenvalue weighted by Crippen LogP contribution is -2.39. The van der Waals surface area contributed by atoms with Crippen LogP contribution in [-0.2, 0) is 11.3 Å². The molecule has 186 valence electrons. The van der Waals surface area contributed by atoms with Gasteiger partial charge in [0.05, 0.1) is 31.6 Å². The number of nitrogens with zero attached hydrogens (tertiary/aromatic N) is 6. The number of benzene rings is 1. The van der Waals surface area contributed by atoms with E-state index < -0.39 is 5.91 Å². The monoisotopic (exact) mass is 509 g/mol. The summed E-state index contributed by atoms with van der Waals surface area (Å²) < 4.78 is 8.47. The molecule has 1 unspecified atom stereocenters. The number of amides is 2. The minimum atomic E-state index is -0.434. The highest BCUT2D eigenvalue weighted by Crippen LogP contribution is 2.36. The number of nitrogens with one attached hydrogen (secondary N) is 1. The topological polar surface area (TPSA) is 127 Å². The first-order chi connectivity index (χ1) is 17.5. The van der Waals surface area contributed by atoms with E-state index in [1.54, 1.807) is 47.8 Å². The van der Waals surface area contributed by atoms with Gasteiger partial charge in [-0.3, -0.25) is 14.3 Å². The largest absolute Gasteiger partial charge is 0.496 e. The number of rotatable bonds is 7. The summed E-state index contributed by atoms with van der Waals surface area (Å²) in [4.78, 5) is 32.1. The summed E-state index contributed by atoms with van der Waals surface area (Å²) in [6.45, 7) is 0.455. The quantitative estimate of drug-likeness (QED) is 0.392. The van der Waals surface area contributed by atoms with Crippen LogP contribution in [0.25, 0.3) is 16.9 Å². The maximum atomic E-state index is 13.2. The number of halogens is 1. The number of aliphatic hydroxyl groups excluding tert-OH is 1. The number of anilines is 1. The Labute approximate surface area is 211 Å². The molecule has 36 heavy (non-hydrogen) atoms. The van der Waals surface area contributed by atoms with Gasteiger partial charge in [0.25, 0.3) is 5.91 Å². The maximum Gasteiger partial charge on any atom is 0.261 e. The molecule has 1 fully saturated rings. The predicted molar refractivity (Wildman–Crippen MR) is 132 cm³/mol. The number of fused-ring (bicyclic) bond motifs is 1. The standard InChI is InChI=1S/C24H24ClN7O4/c1-36-20-6-5-15(25)10-17(20)22-19(28-24(35)18-11-27-32-9-3-7-26-23(18)32)12-30(29-22)13-21(34)31-8-2-4-16(31)14-33/h3,5-7,9-12,16,33H,2,4,8,13-14H2,1H3,(H,28,35). The zero-order valence-electron chi connectivity index (χ0n) is 19.5. The average molecular weight is 510 g/mol. The molecule has 0 aliphatic carbocycles. The van der Waals surface area contributed by atoms with Gasteiger partial charge < -0.3 is 20.1 Å². The van der Waals surface area contributed by atoms with E-state index in [2.05, 4.69) is 20.5 Å². The van der Waals surface area contributed by atoms with Crippen LogP contribution < -0.4 is 10.1 Å². The number of ether oxygens (including phenoxy) is 1. The lowest BCUT2D eigenvalue weighted by atomic mass is 10.1. The van der Waals surface area contributed by atoms with Crippen LogP contribution in [0.5, 0.6) is 5.75 Å². The van der Waals surface area contributed by atoms with Crippen LogP contribution >= 0.6 is 11.6 Å². The smallest absolute Gasteiger partial charge is 0.261 e. The summed E-state index contributed by atoms with van der Waals surface area (Å²) in [7, 11) is 1.53. The molecule has 2 N–H and O–H groups in total. The molecular weight excluding hydrogens is 486 g/mol. The van der Waals surface area contributed by atoms with Crippen LogP contribution in [0.4, 0.5) is 5.69 Å². The Kier molecular flexibility index (Phi) is 6.57. The van der Waals surface area contributed by atoms with Crippen molar-refractivity contribution < 1.29 is 19.4 Å². The number of aliphatic hydroxyl groups is 1. The first kappa shape index (κ1) is 23.8. The molecule has 12 heteroatoms. The van der Waals surface area contributed by atoms with Crippen molar-refractivity contribution in [1.82, 2.24) is 29.3 Å². The van der Waals surface area contributed by atoms with Crippen LogP contribution in [0.15, 0.2) is 49.1 Å². The molecule has 3 aromatic heterocycles. The number of hydrogen-bond acceptors (Lipinski definition) is 7. The minimum absolute atomic E-state index is 0.0550. The number of carbonyl (C=O) groups is 2. The Morgan fingerprint density at radius 1 is 1.33 bits per heavy atom. The van der Waals surface area contributed by atoms with Crippen LogP contribution in [0.3, 0.4) is 0 Å². The van der Waals surface area contributed by atoms with Gasteiger partial charge in [0.15, 0.2) is 5.65 Å². The molecule has 1 atom stereocenters. The van der Waals surface area contributed by atoms with Gasteiger partial charge >= 0.3 is 0 Å². The molecule has 0 radical (unpaired) electrons. The normalized spacial score (nSPS) is 15.4. The Balaban J connectivity index is 1.50. The molecule has 4 aromatic rings. The van der Waals surface area contributed by atoms with E-state index in [1.165, 1.54) is 22.5 Å². The van der Waals surface area contributed by atoms with Crippen molar-refractivity contribution in [3.8, 4) is 17.0 Å². The fraction of sp³-hybridized carbons (Fsp3) is 0.292. The summed E-state index contributed by atoms with van der Waals surface area (Å²) in [5, 5.41) is 21.7. The highest BCUT2D eigenvalue weighted by molar-refractivity contribution is 6.31. The summed E-state index contributed by atoms with van der Waals surface area (Å²) in [5.41, 5.74) is 2.00. The van der Waals surface area contributed by atoms with E-state index in [0.29, 0.717) is 39.9 Å². The van der Waals surface area contributed by atoms with Crippen LogP contribution in [0.2, 0.25) is 5.02 Å². The number of hydrogen-bond donors (Lipinski definition) is 2. The average Bonchev–Trinajstić information content (AvgIpc) is 3.62. The number of carbonyl (C=O) groups excluding carboxylic acids is 2. The molecule has 1 saturated heterocycles. The minimum Gasteiger partial charge on any atom is -0.496 e. The molecule has 2 amide bonds. The molecule has 11 nitrogen and oxygen atoms in total. The molecule has 0 spiro atoms. The van der Waals surface area contributed by atoms with Gasteiger partial charge in [-0.25, -0.2) is 9.50 Å². The predicted octanol–water partition coefficient (Wildman–Crippen LogP) is 2.49. The van der Waals surface area contributed by atoms with Crippen molar-refractivity contribution >= 4 is 34.7 Å². The van der Waals surface area contributed by atoms with E-state index in [1.807, 2.05) is 0 Å². The van der Waals surface area contributed by atoms with E-state index in [9.17, 15) is 14.7 Å². The van der Waals surface area contributed by atoms with Crippen molar-refractivity contribution in [2.75, 3.05) is 25.6 Å². The number of methoxy groups -OCH3 is 1. The third-order valence-corrected chi connectivity index (χ3v) is 6.39. The zero-order valence-corrected chi connectivity index (χ0v) is 20.2. The summed E-state index contributed by atoms with van der Waals surface area (Å²) in [5.74, 6) is -0.0934. The van der Waals surface area contributed by atoms with E-state index >= 15 is 0 Å². The van der Waals surface area contributed by atoms with E-state index in [4.69, 9.17) is 16.3 Å². The van der Waals surface area contributed by atoms with Crippen LogP contribution in [0.1, 0.15) is 23.2 Å². The lowest BCUT2D eigenvalue weighted by Gasteiger charge is -2.22. The first-order valence-corrected chi connectivity index (χ1v) is 11.8. The van der Waals surface area contributed by atoms with Crippen LogP contribution in [-0.4, -0.2) is 72.5 Å². The summed E-state index contributed by atoms with van der Waals surface area (Å²) in [6.07, 6.45) is 7.92. The summed E-state index contributed by atoms with van der Waals surface area (Å²) in [6, 6.07) is 6.61. The Morgan fingerprint density at radius 2 is 2.19 bits per heavy atom. The van der Waals surface area contributed by atoms with Gasteiger partial charge in [-0.1, -0.05) is 11.6 Å². The highest BCUT2D eigenvalue weighted by atomic mass is 35.5. The van der Waals surface area contributed by atoms with Crippen molar-refractivity contribution in [3.05, 3.63) is 59.6 Å². The molecule has 1 aliphatic heterocycles. The Bertz CT molecular complexity index is 1430. The molecule has 0 saturated carbocycles. The second-order valence-electron chi connectivity index (χ2n) is 8.40. The molecule has 4 heterocycles. The highest BCUT2D eigenvalue weighted by Gasteiger charge is 2.29. The van der Waals surface area contributed by atoms with Crippen molar-refractivity contribution in [3.63, 3.8) is 0 Å². The fourth-order valence-electron chi connectivity index (χ4n) is 4.42. The molecule has 1 aromatic carbocycles. The maximum absolute atomic E-state index is 13.2. The zero-order chi connectivity index (χ0) is 25.2. The number of likely N-dealkylation sites (tertiary alicyclic amines) is 1. The molecule has 1 aliphatic rings. The van der Waals surface area contributed by atoms with Gasteiger partial charge in [0.2, 0.25) is 5.91 Å². The van der Waals surface area contributed by atoms with Gasteiger partial charge in [0, 0.05) is 35.7 Å². The first-order valence-electron chi connectivity index (χ1n) is 11.4. The SMILES string of the molecule is COc1ccc(Cl)cc1-c1nn(CC(=O)N2CCCC2CO)cc1NC(=O)c1cnn2cccnc12. The van der Waals surface area contributed by atoms with Crippen molar-refractivity contribution in [2.45, 2.75) is 25.4 Å². The molecule has 5 rings (SSSR count). The van der Waals surface area contributed by atoms with Crippen molar-refractivity contribution in [1.29, 1.82) is 0 Å².